The Kier molecular flexibility index (Phi) is 10.7. The van der Waals surface area contributed by atoms with E-state index in [9.17, 15) is 58.2 Å². The van der Waals surface area contributed by atoms with E-state index in [2.05, 4.69) is 10.6 Å². The Hall–Kier alpha value is -5.53. The Bertz CT molecular complexity index is 2070. The minimum absolute atomic E-state index is 0.0828. The SMILES string of the molecule is O=C(O)c1c(F)ccc2c1OB(O)[C@@H](NC(=O)[C@H](NC(=O)N1CCN(C3CCN(C(=O)c4cccc(O)c4Cl)CC3)C1=O)c1cc(F)c(O)c(O)c1Cl)C2. The number of halogens is 4. The third kappa shape index (κ3) is 7.08. The lowest BCUT2D eigenvalue weighted by Gasteiger charge is -2.36. The number of amides is 6. The Morgan fingerprint density at radius 1 is 0.944 bits per heavy atom. The van der Waals surface area contributed by atoms with Crippen LogP contribution in [0.5, 0.6) is 23.0 Å². The smallest absolute Gasteiger partial charge is 0.534 e. The molecule has 0 saturated carbocycles. The average Bonchev–Trinajstić information content (AvgIpc) is 3.53. The van der Waals surface area contributed by atoms with E-state index in [1.807, 2.05) is 0 Å². The van der Waals surface area contributed by atoms with Gasteiger partial charge < -0.3 is 50.5 Å². The van der Waals surface area contributed by atoms with Gasteiger partial charge in [-0.05, 0) is 49.1 Å². The van der Waals surface area contributed by atoms with Crippen molar-refractivity contribution in [1.29, 1.82) is 0 Å². The van der Waals surface area contributed by atoms with Gasteiger partial charge in [-0.1, -0.05) is 35.3 Å². The van der Waals surface area contributed by atoms with Crippen molar-refractivity contribution in [3.8, 4) is 23.0 Å². The number of phenols is 3. The minimum Gasteiger partial charge on any atom is -0.534 e. The molecule has 7 N–H and O–H groups in total. The van der Waals surface area contributed by atoms with Crippen LogP contribution in [0.15, 0.2) is 36.4 Å². The van der Waals surface area contributed by atoms with Gasteiger partial charge in [-0.15, -0.1) is 0 Å². The van der Waals surface area contributed by atoms with Gasteiger partial charge in [0, 0.05) is 37.8 Å². The molecular weight excluding hydrogens is 762 g/mol. The van der Waals surface area contributed by atoms with Crippen molar-refractivity contribution in [2.24, 2.45) is 0 Å². The third-order valence-corrected chi connectivity index (χ3v) is 10.3. The van der Waals surface area contributed by atoms with E-state index in [1.54, 1.807) is 0 Å². The highest BCUT2D eigenvalue weighted by Gasteiger charge is 2.43. The molecule has 2 atom stereocenters. The number of fused-ring (bicyclic) bond motifs is 1. The van der Waals surface area contributed by atoms with Crippen LogP contribution in [0.1, 0.15) is 50.7 Å². The van der Waals surface area contributed by atoms with Crippen molar-refractivity contribution in [1.82, 2.24) is 25.3 Å². The molecule has 0 unspecified atom stereocenters. The maximum Gasteiger partial charge on any atom is 0.547 e. The number of piperidine rings is 1. The normalized spacial score (nSPS) is 17.9. The molecule has 0 spiro atoms. The minimum atomic E-state index is -1.97. The fraction of sp³-hybridized carbons (Fsp3) is 0.303. The first-order valence-corrected chi connectivity index (χ1v) is 17.1. The number of benzene rings is 3. The highest BCUT2D eigenvalue weighted by molar-refractivity contribution is 6.47. The molecule has 0 bridgehead atoms. The van der Waals surface area contributed by atoms with Gasteiger partial charge in [-0.25, -0.2) is 28.1 Å². The van der Waals surface area contributed by atoms with E-state index in [-0.39, 0.29) is 60.5 Å². The van der Waals surface area contributed by atoms with Crippen LogP contribution in [0.25, 0.3) is 0 Å². The number of phenolic OH excluding ortho intramolecular Hbond substituents is 3. The lowest BCUT2D eigenvalue weighted by molar-refractivity contribution is -0.123. The number of carbonyl (C=O) groups is 5. The molecule has 3 aliphatic rings. The van der Waals surface area contributed by atoms with Gasteiger partial charge in [-0.2, -0.15) is 0 Å². The maximum absolute atomic E-state index is 14.7. The summed E-state index contributed by atoms with van der Waals surface area (Å²) in [5, 5.41) is 54.0. The van der Waals surface area contributed by atoms with Crippen LogP contribution in [0.2, 0.25) is 10.0 Å². The second-order valence-corrected chi connectivity index (χ2v) is 13.4. The zero-order valence-corrected chi connectivity index (χ0v) is 29.3. The third-order valence-electron chi connectivity index (χ3n) is 9.48. The quantitative estimate of drug-likeness (QED) is 0.136. The fourth-order valence-electron chi connectivity index (χ4n) is 6.66. The number of carboxylic acids is 1. The first-order valence-electron chi connectivity index (χ1n) is 16.3. The van der Waals surface area contributed by atoms with Gasteiger partial charge in [0.1, 0.15) is 28.9 Å². The summed E-state index contributed by atoms with van der Waals surface area (Å²) in [7, 11) is -1.94. The highest BCUT2D eigenvalue weighted by Crippen LogP contribution is 2.41. The fourth-order valence-corrected chi connectivity index (χ4v) is 7.12. The largest absolute Gasteiger partial charge is 0.547 e. The molecule has 3 aromatic rings. The summed E-state index contributed by atoms with van der Waals surface area (Å²) in [5.41, 5.74) is -1.18. The number of imide groups is 1. The van der Waals surface area contributed by atoms with Crippen molar-refractivity contribution in [2.75, 3.05) is 26.2 Å². The molecule has 54 heavy (non-hydrogen) atoms. The lowest BCUT2D eigenvalue weighted by atomic mass is 9.72. The molecule has 3 aliphatic heterocycles. The van der Waals surface area contributed by atoms with Gasteiger partial charge in [-0.3, -0.25) is 9.59 Å². The summed E-state index contributed by atoms with van der Waals surface area (Å²) in [5.74, 6) is -10.2. The first kappa shape index (κ1) is 38.2. The molecule has 2 saturated heterocycles. The number of likely N-dealkylation sites (tertiary alicyclic amines) is 1. The summed E-state index contributed by atoms with van der Waals surface area (Å²) in [6, 6.07) is 2.70. The van der Waals surface area contributed by atoms with Crippen molar-refractivity contribution < 1.29 is 62.9 Å². The number of hydrogen-bond donors (Lipinski definition) is 7. The van der Waals surface area contributed by atoms with Crippen LogP contribution in [0.4, 0.5) is 18.4 Å². The number of aromatic carboxylic acids is 1. The Balaban J connectivity index is 1.17. The number of nitrogens with one attached hydrogen (secondary N) is 2. The van der Waals surface area contributed by atoms with Crippen molar-refractivity contribution in [2.45, 2.75) is 37.3 Å². The number of urea groups is 2. The zero-order chi connectivity index (χ0) is 39.2. The summed E-state index contributed by atoms with van der Waals surface area (Å²) in [6.45, 7) is 0.402. The molecule has 21 heteroatoms. The predicted octanol–water partition coefficient (Wildman–Crippen LogP) is 3.02. The van der Waals surface area contributed by atoms with E-state index in [0.717, 1.165) is 11.0 Å². The highest BCUT2D eigenvalue weighted by atomic mass is 35.5. The first-order chi connectivity index (χ1) is 25.6. The summed E-state index contributed by atoms with van der Waals surface area (Å²) < 4.78 is 34.2. The molecule has 16 nitrogen and oxygen atoms in total. The predicted molar refractivity (Wildman–Crippen MR) is 184 cm³/mol. The summed E-state index contributed by atoms with van der Waals surface area (Å²) >= 11 is 12.3. The van der Waals surface area contributed by atoms with Crippen molar-refractivity contribution >= 4 is 60.2 Å². The summed E-state index contributed by atoms with van der Waals surface area (Å²) in [4.78, 5) is 69.4. The second-order valence-electron chi connectivity index (χ2n) is 12.7. The molecular formula is C33H30BCl2F2N5O11. The van der Waals surface area contributed by atoms with E-state index < -0.39 is 94.0 Å². The molecule has 6 amide bonds. The number of aromatic hydroxyl groups is 3. The van der Waals surface area contributed by atoms with Gasteiger partial charge >= 0.3 is 25.1 Å². The lowest BCUT2D eigenvalue weighted by Crippen LogP contribution is -2.56. The Morgan fingerprint density at radius 2 is 1.65 bits per heavy atom. The van der Waals surface area contributed by atoms with Crippen LogP contribution < -0.4 is 15.3 Å². The summed E-state index contributed by atoms with van der Waals surface area (Å²) in [6.07, 6.45) is 0.383. The van der Waals surface area contributed by atoms with E-state index in [4.69, 9.17) is 27.9 Å². The second kappa shape index (κ2) is 15.1. The Labute approximate surface area is 314 Å². The molecule has 284 valence electrons. The number of carboxylic acid groups (broad SMARTS) is 1. The molecule has 3 heterocycles. The monoisotopic (exact) mass is 791 g/mol. The zero-order valence-electron chi connectivity index (χ0n) is 27.8. The van der Waals surface area contributed by atoms with Crippen LogP contribution in [0.3, 0.4) is 0 Å². The standard InChI is InChI=1S/C33H30BCl2F2N5O11/c35-23-16(2-1-3-20(23)44)30(48)41-8-6-15(7-9-41)42-10-11-43(33(42)52)32(51)40-25(17-13-19(38)26(45)27(46)24(17)36)29(47)39-21-12-14-4-5-18(37)22(31(49)50)28(14)54-34(21)53/h1-5,13,15,21,25,44-46,53H,6-12H2,(H,39,47)(H,40,51)(H,49,50)/t21-,25+/m0/s1. The van der Waals surface area contributed by atoms with Crippen molar-refractivity contribution in [3.63, 3.8) is 0 Å². The van der Waals surface area contributed by atoms with Gasteiger partial charge in [0.05, 0.1) is 21.5 Å². The van der Waals surface area contributed by atoms with Crippen LogP contribution in [0, 0.1) is 11.6 Å². The molecule has 2 fully saturated rings. The van der Waals surface area contributed by atoms with Crippen LogP contribution in [-0.4, -0.2) is 115 Å². The van der Waals surface area contributed by atoms with Gasteiger partial charge in [0.2, 0.25) is 5.91 Å². The van der Waals surface area contributed by atoms with Crippen molar-refractivity contribution in [3.05, 3.63) is 80.3 Å². The number of carbonyl (C=O) groups excluding carboxylic acids is 4. The van der Waals surface area contributed by atoms with Gasteiger partial charge in [0.25, 0.3) is 5.91 Å². The maximum atomic E-state index is 14.7. The van der Waals surface area contributed by atoms with E-state index in [1.165, 1.54) is 34.1 Å². The van der Waals surface area contributed by atoms with E-state index >= 15 is 0 Å². The molecule has 0 radical (unpaired) electrons. The molecule has 3 aromatic carbocycles. The Morgan fingerprint density at radius 3 is 2.33 bits per heavy atom. The van der Waals surface area contributed by atoms with Crippen LogP contribution in [-0.2, 0) is 11.2 Å². The molecule has 6 rings (SSSR count). The molecule has 0 aromatic heterocycles. The molecule has 0 aliphatic carbocycles. The van der Waals surface area contributed by atoms with Gasteiger partial charge in [0.15, 0.2) is 17.3 Å². The number of rotatable bonds is 7. The topological polar surface area (TPSA) is 230 Å². The number of hydrogen-bond acceptors (Lipinski definition) is 10. The van der Waals surface area contributed by atoms with E-state index in [0.29, 0.717) is 18.9 Å². The number of nitrogens with zero attached hydrogens (tertiary/aromatic N) is 3. The van der Waals surface area contributed by atoms with Crippen LogP contribution >= 0.6 is 23.2 Å². The average molecular weight is 792 g/mol.